The fraction of sp³-hybridized carbons (Fsp3) is 0.409. The van der Waals surface area contributed by atoms with Crippen LogP contribution in [0.3, 0.4) is 0 Å². The molecule has 10 heteroatoms. The van der Waals surface area contributed by atoms with Crippen molar-refractivity contribution in [1.82, 2.24) is 19.6 Å². The number of rotatable bonds is 4. The van der Waals surface area contributed by atoms with Gasteiger partial charge in [-0.15, -0.1) is 0 Å². The summed E-state index contributed by atoms with van der Waals surface area (Å²) in [6.45, 7) is 0.257. The largest absolute Gasteiger partial charge is 0.383 e. The number of fused-ring (bicyclic) bond motifs is 2. The average molecular weight is 458 g/mol. The number of ether oxygens (including phenoxy) is 1. The van der Waals surface area contributed by atoms with Crippen LogP contribution in [0.25, 0.3) is 22.9 Å². The van der Waals surface area contributed by atoms with E-state index in [2.05, 4.69) is 10.1 Å². The third kappa shape index (κ3) is 3.67. The molecule has 1 fully saturated rings. The molecule has 1 saturated heterocycles. The molecule has 5 rings (SSSR count). The first kappa shape index (κ1) is 21.0. The Bertz CT molecular complexity index is 1320. The molecule has 4 heterocycles. The Morgan fingerprint density at radius 1 is 1.28 bits per heavy atom. The Kier molecular flexibility index (Phi) is 5.21. The summed E-state index contributed by atoms with van der Waals surface area (Å²) in [6.07, 6.45) is 6.87. The maximum atomic E-state index is 13.9. The van der Waals surface area contributed by atoms with Crippen LogP contribution in [0.4, 0.5) is 10.2 Å². The van der Waals surface area contributed by atoms with Gasteiger partial charge in [-0.2, -0.15) is 9.61 Å². The standard InChI is InChI=1S/C22H24FN5O3S/c1-31-12-18-20(13-4-6-32(29,30)7-5-13)27-22-17(11-26-28(22)21(18)24)15-8-14-9-16(23)2-3-19(14)25-10-15/h2-3,8,10-11,13,16H,4-7,9,12,24H2,1H3. The number of pyridine rings is 1. The van der Waals surface area contributed by atoms with Gasteiger partial charge in [0, 0.05) is 42.3 Å². The molecule has 32 heavy (non-hydrogen) atoms. The van der Waals surface area contributed by atoms with Crippen LogP contribution >= 0.6 is 0 Å². The minimum absolute atomic E-state index is 0.0298. The predicted molar refractivity (Wildman–Crippen MR) is 120 cm³/mol. The van der Waals surface area contributed by atoms with Gasteiger partial charge < -0.3 is 10.5 Å². The van der Waals surface area contributed by atoms with E-state index in [9.17, 15) is 12.8 Å². The van der Waals surface area contributed by atoms with Crippen LogP contribution in [0.15, 0.2) is 24.5 Å². The summed E-state index contributed by atoms with van der Waals surface area (Å²) < 4.78 is 44.7. The first-order chi connectivity index (χ1) is 15.4. The molecule has 3 aromatic rings. The summed E-state index contributed by atoms with van der Waals surface area (Å²) in [5.41, 5.74) is 11.6. The van der Waals surface area contributed by atoms with E-state index in [0.717, 1.165) is 33.6 Å². The predicted octanol–water partition coefficient (Wildman–Crippen LogP) is 2.72. The number of nitrogen functional groups attached to an aromatic ring is 1. The van der Waals surface area contributed by atoms with Gasteiger partial charge >= 0.3 is 0 Å². The monoisotopic (exact) mass is 457 g/mol. The first-order valence-electron chi connectivity index (χ1n) is 10.5. The molecule has 0 amide bonds. The first-order valence-corrected chi connectivity index (χ1v) is 12.4. The third-order valence-corrected chi connectivity index (χ3v) is 7.95. The van der Waals surface area contributed by atoms with Gasteiger partial charge in [0.05, 0.1) is 35.7 Å². The highest BCUT2D eigenvalue weighted by Crippen LogP contribution is 2.35. The highest BCUT2D eigenvalue weighted by Gasteiger charge is 2.29. The van der Waals surface area contributed by atoms with Gasteiger partial charge in [0.25, 0.3) is 0 Å². The molecule has 0 bridgehead atoms. The number of hydrogen-bond acceptors (Lipinski definition) is 7. The number of methoxy groups -OCH3 is 1. The molecule has 0 aromatic carbocycles. The number of nitrogens with two attached hydrogens (primary N) is 1. The fourth-order valence-corrected chi connectivity index (χ4v) is 6.01. The van der Waals surface area contributed by atoms with E-state index >= 15 is 0 Å². The quantitative estimate of drug-likeness (QED) is 0.641. The van der Waals surface area contributed by atoms with Crippen molar-refractivity contribution in [3.05, 3.63) is 47.1 Å². The summed E-state index contributed by atoms with van der Waals surface area (Å²) >= 11 is 0. The molecule has 8 nitrogen and oxygen atoms in total. The molecule has 2 aliphatic rings. The Hall–Kier alpha value is -2.85. The van der Waals surface area contributed by atoms with Gasteiger partial charge in [0.15, 0.2) is 5.65 Å². The van der Waals surface area contributed by atoms with Crippen molar-refractivity contribution >= 4 is 27.4 Å². The van der Waals surface area contributed by atoms with Crippen molar-refractivity contribution in [2.45, 2.75) is 38.0 Å². The molecule has 1 unspecified atom stereocenters. The number of alkyl halides is 1. The molecule has 3 aromatic heterocycles. The van der Waals surface area contributed by atoms with Crippen molar-refractivity contribution in [2.75, 3.05) is 24.3 Å². The van der Waals surface area contributed by atoms with Gasteiger partial charge in [0.1, 0.15) is 21.8 Å². The SMILES string of the molecule is COCc1c(C2CCS(=O)(=O)CC2)nc2c(-c3cnc4c(c3)CC(F)C=C4)cnn2c1N. The van der Waals surface area contributed by atoms with Crippen molar-refractivity contribution < 1.29 is 17.5 Å². The number of nitrogens with zero attached hydrogens (tertiary/aromatic N) is 4. The Labute approximate surface area is 185 Å². The molecule has 1 aliphatic carbocycles. The smallest absolute Gasteiger partial charge is 0.165 e. The van der Waals surface area contributed by atoms with Crippen molar-refractivity contribution in [3.63, 3.8) is 0 Å². The summed E-state index contributed by atoms with van der Waals surface area (Å²) in [6, 6.07) is 1.92. The maximum Gasteiger partial charge on any atom is 0.165 e. The molecule has 0 saturated carbocycles. The Morgan fingerprint density at radius 2 is 2.06 bits per heavy atom. The van der Waals surface area contributed by atoms with Crippen molar-refractivity contribution in [1.29, 1.82) is 0 Å². The van der Waals surface area contributed by atoms with Crippen LogP contribution in [0.1, 0.15) is 41.3 Å². The van der Waals surface area contributed by atoms with Gasteiger partial charge in [-0.05, 0) is 36.6 Å². The lowest BCUT2D eigenvalue weighted by Crippen LogP contribution is -2.24. The molecular formula is C22H24FN5O3S. The van der Waals surface area contributed by atoms with Crippen LogP contribution in [-0.4, -0.2) is 52.8 Å². The highest BCUT2D eigenvalue weighted by atomic mass is 32.2. The topological polar surface area (TPSA) is 112 Å². The van der Waals surface area contributed by atoms with Crippen molar-refractivity contribution in [3.8, 4) is 11.1 Å². The normalized spacial score (nSPS) is 20.5. The zero-order chi connectivity index (χ0) is 22.5. The van der Waals surface area contributed by atoms with Gasteiger partial charge in [0.2, 0.25) is 0 Å². The Morgan fingerprint density at radius 3 is 2.81 bits per heavy atom. The minimum Gasteiger partial charge on any atom is -0.383 e. The fourth-order valence-electron chi connectivity index (χ4n) is 4.52. The maximum absolute atomic E-state index is 13.9. The lowest BCUT2D eigenvalue weighted by Gasteiger charge is -2.24. The van der Waals surface area contributed by atoms with E-state index < -0.39 is 16.0 Å². The van der Waals surface area contributed by atoms with Crippen LogP contribution in [-0.2, 0) is 27.6 Å². The van der Waals surface area contributed by atoms with E-state index in [1.54, 1.807) is 30.1 Å². The molecule has 0 radical (unpaired) electrons. The van der Waals surface area contributed by atoms with Crippen LogP contribution in [0.2, 0.25) is 0 Å². The summed E-state index contributed by atoms with van der Waals surface area (Å²) in [5, 5.41) is 4.44. The van der Waals surface area contributed by atoms with Gasteiger partial charge in [-0.3, -0.25) is 4.98 Å². The van der Waals surface area contributed by atoms with Gasteiger partial charge in [-0.25, -0.2) is 17.8 Å². The van der Waals surface area contributed by atoms with Crippen LogP contribution in [0.5, 0.6) is 0 Å². The number of halogens is 1. The van der Waals surface area contributed by atoms with E-state index in [4.69, 9.17) is 15.5 Å². The zero-order valence-electron chi connectivity index (χ0n) is 17.7. The van der Waals surface area contributed by atoms with E-state index in [0.29, 0.717) is 24.3 Å². The van der Waals surface area contributed by atoms with E-state index in [-0.39, 0.29) is 30.5 Å². The second-order valence-electron chi connectivity index (χ2n) is 8.36. The second-order valence-corrected chi connectivity index (χ2v) is 10.7. The van der Waals surface area contributed by atoms with E-state index in [1.165, 1.54) is 6.08 Å². The molecule has 168 valence electrons. The number of hydrogen-bond donors (Lipinski definition) is 1. The van der Waals surface area contributed by atoms with Gasteiger partial charge in [-0.1, -0.05) is 0 Å². The molecule has 0 spiro atoms. The van der Waals surface area contributed by atoms with Crippen LogP contribution < -0.4 is 5.73 Å². The summed E-state index contributed by atoms with van der Waals surface area (Å²) in [5.74, 6) is 0.660. The number of sulfone groups is 1. The molecule has 2 N–H and O–H groups in total. The van der Waals surface area contributed by atoms with E-state index in [1.807, 2.05) is 6.07 Å². The summed E-state index contributed by atoms with van der Waals surface area (Å²) in [4.78, 5) is 9.40. The number of anilines is 1. The summed E-state index contributed by atoms with van der Waals surface area (Å²) in [7, 11) is -1.43. The van der Waals surface area contributed by atoms with Crippen molar-refractivity contribution in [2.24, 2.45) is 0 Å². The third-order valence-electron chi connectivity index (χ3n) is 6.24. The second kappa shape index (κ2) is 7.93. The molecular weight excluding hydrogens is 433 g/mol. The molecule has 1 aliphatic heterocycles. The average Bonchev–Trinajstić information content (AvgIpc) is 3.19. The van der Waals surface area contributed by atoms with Crippen LogP contribution in [0, 0.1) is 0 Å². The molecule has 1 atom stereocenters. The lowest BCUT2D eigenvalue weighted by molar-refractivity contribution is 0.183. The highest BCUT2D eigenvalue weighted by molar-refractivity contribution is 7.91. The Balaban J connectivity index is 1.63. The minimum atomic E-state index is -3.01. The number of aromatic nitrogens is 4. The number of allylic oxidation sites excluding steroid dienone is 1. The lowest BCUT2D eigenvalue weighted by atomic mass is 9.94. The zero-order valence-corrected chi connectivity index (χ0v) is 18.5.